The summed E-state index contributed by atoms with van der Waals surface area (Å²) in [5, 5.41) is 3.26. The average molecular weight is 508 g/mol. The number of anilines is 1. The third-order valence-electron chi connectivity index (χ3n) is 5.66. The lowest BCUT2D eigenvalue weighted by Gasteiger charge is -2.18. The van der Waals surface area contributed by atoms with Crippen molar-refractivity contribution >= 4 is 34.3 Å². The minimum Gasteiger partial charge on any atom is -0.492 e. The van der Waals surface area contributed by atoms with Gasteiger partial charge >= 0.3 is 0 Å². The van der Waals surface area contributed by atoms with Crippen molar-refractivity contribution in [1.29, 1.82) is 0 Å². The molecular weight excluding hydrogens is 482 g/mol. The van der Waals surface area contributed by atoms with Gasteiger partial charge in [-0.3, -0.25) is 14.2 Å². The molecule has 10 heteroatoms. The molecule has 2 aromatic heterocycles. The fourth-order valence-electron chi connectivity index (χ4n) is 3.89. The zero-order valence-electron chi connectivity index (χ0n) is 19.9. The second kappa shape index (κ2) is 10.4. The van der Waals surface area contributed by atoms with Gasteiger partial charge in [-0.05, 0) is 43.7 Å². The van der Waals surface area contributed by atoms with Gasteiger partial charge in [-0.25, -0.2) is 4.98 Å². The number of benzene rings is 2. The van der Waals surface area contributed by atoms with Crippen molar-refractivity contribution in [1.82, 2.24) is 9.55 Å². The van der Waals surface area contributed by atoms with Crippen LogP contribution in [0, 0.1) is 0 Å². The summed E-state index contributed by atoms with van der Waals surface area (Å²) in [5.41, 5.74) is 0.809. The fraction of sp³-hybridized carbons (Fsp3) is 0.269. The van der Waals surface area contributed by atoms with E-state index in [0.717, 1.165) is 0 Å². The molecule has 1 aliphatic heterocycles. The molecular formula is C26H25N3O6S. The summed E-state index contributed by atoms with van der Waals surface area (Å²) < 4.78 is 23.6. The number of nitrogens with zero attached hydrogens (tertiary/aromatic N) is 2. The Bertz CT molecular complexity index is 1450. The lowest BCUT2D eigenvalue weighted by Crippen LogP contribution is -2.28. The van der Waals surface area contributed by atoms with Crippen LogP contribution in [-0.2, 0) is 11.3 Å². The van der Waals surface area contributed by atoms with Gasteiger partial charge in [0, 0.05) is 6.07 Å². The van der Waals surface area contributed by atoms with Crippen LogP contribution in [0.4, 0.5) is 5.69 Å². The number of furan rings is 1. The molecule has 1 amide bonds. The first-order chi connectivity index (χ1) is 17.6. The van der Waals surface area contributed by atoms with Crippen LogP contribution in [-0.4, -0.2) is 34.1 Å². The lowest BCUT2D eigenvalue weighted by atomic mass is 10.2. The maximum atomic E-state index is 13.6. The number of thioether (sulfide) groups is 1. The van der Waals surface area contributed by atoms with Crippen LogP contribution in [0.1, 0.15) is 26.0 Å². The number of rotatable bonds is 9. The summed E-state index contributed by atoms with van der Waals surface area (Å²) >= 11 is 1.23. The quantitative estimate of drug-likeness (QED) is 0.257. The molecule has 4 aromatic rings. The largest absolute Gasteiger partial charge is 0.492 e. The smallest absolute Gasteiger partial charge is 0.262 e. The predicted molar refractivity (Wildman–Crippen MR) is 136 cm³/mol. The third-order valence-corrected chi connectivity index (χ3v) is 7.02. The topological polar surface area (TPSA) is 105 Å². The molecule has 3 heterocycles. The number of hydrogen-bond donors (Lipinski definition) is 1. The van der Waals surface area contributed by atoms with Crippen LogP contribution in [0.15, 0.2) is 69.2 Å². The van der Waals surface area contributed by atoms with E-state index < -0.39 is 5.25 Å². The van der Waals surface area contributed by atoms with E-state index >= 15 is 0 Å². The van der Waals surface area contributed by atoms with Gasteiger partial charge in [0.2, 0.25) is 12.7 Å². The van der Waals surface area contributed by atoms with Crippen molar-refractivity contribution in [3.63, 3.8) is 0 Å². The van der Waals surface area contributed by atoms with Crippen molar-refractivity contribution in [2.24, 2.45) is 0 Å². The van der Waals surface area contributed by atoms with Crippen LogP contribution in [0.2, 0.25) is 0 Å². The Hall–Kier alpha value is -3.92. The Morgan fingerprint density at radius 1 is 1.17 bits per heavy atom. The number of amides is 1. The molecule has 1 aliphatic rings. The van der Waals surface area contributed by atoms with Gasteiger partial charge in [0.15, 0.2) is 16.7 Å². The monoisotopic (exact) mass is 507 g/mol. The van der Waals surface area contributed by atoms with Gasteiger partial charge in [-0.15, -0.1) is 0 Å². The Balaban J connectivity index is 1.50. The van der Waals surface area contributed by atoms with E-state index in [1.165, 1.54) is 16.3 Å². The number of hydrogen-bond acceptors (Lipinski definition) is 8. The molecule has 1 unspecified atom stereocenters. The van der Waals surface area contributed by atoms with E-state index in [0.29, 0.717) is 57.8 Å². The van der Waals surface area contributed by atoms with Crippen molar-refractivity contribution in [3.8, 4) is 17.2 Å². The Morgan fingerprint density at radius 2 is 1.97 bits per heavy atom. The Labute approximate surface area is 211 Å². The van der Waals surface area contributed by atoms with E-state index in [9.17, 15) is 9.59 Å². The molecule has 1 atom stereocenters. The highest BCUT2D eigenvalue weighted by atomic mass is 32.2. The van der Waals surface area contributed by atoms with Gasteiger partial charge in [0.05, 0.1) is 41.3 Å². The lowest BCUT2D eigenvalue weighted by molar-refractivity contribution is -0.115. The third kappa shape index (κ3) is 4.76. The van der Waals surface area contributed by atoms with Crippen LogP contribution < -0.4 is 25.1 Å². The molecule has 5 rings (SSSR count). The molecule has 0 radical (unpaired) electrons. The number of carbonyl (C=O) groups excluding carboxylic acids is 1. The van der Waals surface area contributed by atoms with Crippen LogP contribution in [0.5, 0.6) is 17.2 Å². The van der Waals surface area contributed by atoms with E-state index in [1.807, 2.05) is 32.0 Å². The van der Waals surface area contributed by atoms with Crippen LogP contribution in [0.3, 0.4) is 0 Å². The fourth-order valence-corrected chi connectivity index (χ4v) is 4.91. The molecule has 0 saturated carbocycles. The van der Waals surface area contributed by atoms with Crippen molar-refractivity contribution in [2.45, 2.75) is 37.2 Å². The number of carbonyl (C=O) groups is 1. The first-order valence-corrected chi connectivity index (χ1v) is 12.5. The summed E-state index contributed by atoms with van der Waals surface area (Å²) in [4.78, 5) is 31.6. The summed E-state index contributed by atoms with van der Waals surface area (Å²) in [5.74, 6) is 2.03. The highest BCUT2D eigenvalue weighted by molar-refractivity contribution is 8.00. The molecule has 0 saturated heterocycles. The summed E-state index contributed by atoms with van der Waals surface area (Å²) in [6.07, 6.45) is 2.07. The number of nitrogens with one attached hydrogen (secondary N) is 1. The zero-order valence-corrected chi connectivity index (χ0v) is 20.7. The van der Waals surface area contributed by atoms with Crippen LogP contribution in [0.25, 0.3) is 10.9 Å². The second-order valence-corrected chi connectivity index (χ2v) is 9.19. The predicted octanol–water partition coefficient (Wildman–Crippen LogP) is 4.67. The molecule has 186 valence electrons. The number of aromatic nitrogens is 2. The van der Waals surface area contributed by atoms with E-state index in [1.54, 1.807) is 36.6 Å². The number of ether oxygens (including phenoxy) is 3. The molecule has 1 N–H and O–H groups in total. The molecule has 0 spiro atoms. The highest BCUT2D eigenvalue weighted by Gasteiger charge is 2.25. The maximum Gasteiger partial charge on any atom is 0.262 e. The normalized spacial score (nSPS) is 13.1. The molecule has 2 aromatic carbocycles. The molecule has 0 bridgehead atoms. The molecule has 0 fully saturated rings. The van der Waals surface area contributed by atoms with E-state index in [2.05, 4.69) is 5.32 Å². The minimum atomic E-state index is -0.513. The van der Waals surface area contributed by atoms with Gasteiger partial charge in [0.1, 0.15) is 11.5 Å². The van der Waals surface area contributed by atoms with E-state index in [-0.39, 0.29) is 24.8 Å². The van der Waals surface area contributed by atoms with Gasteiger partial charge in [-0.2, -0.15) is 0 Å². The van der Waals surface area contributed by atoms with E-state index in [4.69, 9.17) is 23.6 Å². The molecule has 0 aliphatic carbocycles. The SMILES string of the molecule is CCOc1ccccc1NC(=O)C(CC)Sc1nc2cc3c(cc2c(=O)n1Cc1ccco1)OCO3. The van der Waals surface area contributed by atoms with Crippen molar-refractivity contribution in [3.05, 3.63) is 70.9 Å². The first kappa shape index (κ1) is 23.8. The van der Waals surface area contributed by atoms with Crippen molar-refractivity contribution < 1.29 is 23.4 Å². The highest BCUT2D eigenvalue weighted by Crippen LogP contribution is 2.36. The first-order valence-electron chi connectivity index (χ1n) is 11.6. The standard InChI is InChI=1S/C26H25N3O6S/c1-3-23(24(30)27-18-9-5-6-10-20(18)32-4-2)36-26-28-19-13-22-21(34-15-35-22)12-17(19)25(31)29(26)14-16-8-7-11-33-16/h5-13,23H,3-4,14-15H2,1-2H3,(H,27,30). The van der Waals surface area contributed by atoms with Gasteiger partial charge in [-0.1, -0.05) is 30.8 Å². The van der Waals surface area contributed by atoms with Gasteiger partial charge < -0.3 is 23.9 Å². The summed E-state index contributed by atoms with van der Waals surface area (Å²) in [7, 11) is 0. The van der Waals surface area contributed by atoms with Crippen LogP contribution >= 0.6 is 11.8 Å². The minimum absolute atomic E-state index is 0.0924. The molecule has 9 nitrogen and oxygen atoms in total. The second-order valence-electron chi connectivity index (χ2n) is 8.02. The zero-order chi connectivity index (χ0) is 25.1. The molecule has 36 heavy (non-hydrogen) atoms. The maximum absolute atomic E-state index is 13.6. The Morgan fingerprint density at radius 3 is 2.72 bits per heavy atom. The summed E-state index contributed by atoms with van der Waals surface area (Å²) in [6, 6.07) is 14.2. The number of fused-ring (bicyclic) bond motifs is 2. The average Bonchev–Trinajstić information content (AvgIpc) is 3.56. The summed E-state index contributed by atoms with van der Waals surface area (Å²) in [6.45, 7) is 4.56. The van der Waals surface area contributed by atoms with Gasteiger partial charge in [0.25, 0.3) is 5.56 Å². The van der Waals surface area contributed by atoms with Crippen molar-refractivity contribution in [2.75, 3.05) is 18.7 Å². The Kier molecular flexibility index (Phi) is 6.86. The number of para-hydroxylation sites is 2.